The number of amides is 2. The monoisotopic (exact) mass is 645 g/mol. The summed E-state index contributed by atoms with van der Waals surface area (Å²) in [5, 5.41) is 3.94. The maximum Gasteiger partial charge on any atom is 0.264 e. The Morgan fingerprint density at radius 1 is 0.953 bits per heavy atom. The van der Waals surface area contributed by atoms with Gasteiger partial charge in [0.2, 0.25) is 11.8 Å². The summed E-state index contributed by atoms with van der Waals surface area (Å²) in [6, 6.07) is 18.6. The smallest absolute Gasteiger partial charge is 0.264 e. The van der Waals surface area contributed by atoms with Crippen molar-refractivity contribution in [1.29, 1.82) is 0 Å². The van der Waals surface area contributed by atoms with Crippen molar-refractivity contribution in [2.75, 3.05) is 17.5 Å². The molecule has 1 aliphatic carbocycles. The summed E-state index contributed by atoms with van der Waals surface area (Å²) in [5.41, 5.74) is 0.922. The van der Waals surface area contributed by atoms with E-state index in [0.29, 0.717) is 34.4 Å². The minimum atomic E-state index is -4.22. The Labute approximate surface area is 264 Å². The maximum atomic E-state index is 14.2. The zero-order chi connectivity index (χ0) is 31.0. The first kappa shape index (κ1) is 32.6. The molecule has 0 saturated heterocycles. The van der Waals surface area contributed by atoms with E-state index >= 15 is 0 Å². The van der Waals surface area contributed by atoms with Crippen LogP contribution in [0, 0.1) is 0 Å². The molecule has 1 unspecified atom stereocenters. The third-order valence-corrected chi connectivity index (χ3v) is 9.91. The van der Waals surface area contributed by atoms with Crippen molar-refractivity contribution in [3.8, 4) is 5.75 Å². The van der Waals surface area contributed by atoms with Crippen LogP contribution in [0.4, 0.5) is 5.69 Å². The SMILES string of the molecule is CCOc1ccc(N(CC(=O)N(Cc2ccccc2Cl)C(CC)C(=O)NC2CCCC2)S(=O)(=O)c2ccc(Cl)cc2)cc1. The number of nitrogens with one attached hydrogen (secondary N) is 1. The number of halogens is 2. The average molecular weight is 647 g/mol. The summed E-state index contributed by atoms with van der Waals surface area (Å²) in [5.74, 6) is -0.237. The molecule has 1 atom stereocenters. The number of carbonyl (C=O) groups is 2. The van der Waals surface area contributed by atoms with Crippen LogP contribution in [0.2, 0.25) is 10.0 Å². The molecule has 0 aromatic heterocycles. The van der Waals surface area contributed by atoms with Gasteiger partial charge in [-0.3, -0.25) is 13.9 Å². The molecule has 2 amide bonds. The summed E-state index contributed by atoms with van der Waals surface area (Å²) < 4.78 is 34.6. The third kappa shape index (κ3) is 8.22. The fraction of sp³-hybridized carbons (Fsp3) is 0.375. The first-order valence-corrected chi connectivity index (χ1v) is 16.7. The van der Waals surface area contributed by atoms with Gasteiger partial charge >= 0.3 is 0 Å². The minimum Gasteiger partial charge on any atom is -0.494 e. The van der Waals surface area contributed by atoms with Gasteiger partial charge in [0.05, 0.1) is 17.2 Å². The van der Waals surface area contributed by atoms with Crippen LogP contribution < -0.4 is 14.4 Å². The molecule has 3 aromatic rings. The molecule has 11 heteroatoms. The molecule has 1 N–H and O–H groups in total. The molecule has 0 heterocycles. The van der Waals surface area contributed by atoms with Gasteiger partial charge in [-0.1, -0.05) is 61.2 Å². The van der Waals surface area contributed by atoms with Crippen molar-refractivity contribution in [2.45, 2.75) is 69.5 Å². The number of hydrogen-bond donors (Lipinski definition) is 1. The van der Waals surface area contributed by atoms with E-state index in [4.69, 9.17) is 27.9 Å². The van der Waals surface area contributed by atoms with E-state index in [-0.39, 0.29) is 29.1 Å². The molecule has 3 aromatic carbocycles. The molecular formula is C32H37Cl2N3O5S. The van der Waals surface area contributed by atoms with E-state index in [0.717, 1.165) is 30.0 Å². The predicted octanol–water partition coefficient (Wildman–Crippen LogP) is 6.45. The van der Waals surface area contributed by atoms with Crippen molar-refractivity contribution >= 4 is 50.7 Å². The van der Waals surface area contributed by atoms with Gasteiger partial charge in [0, 0.05) is 22.6 Å². The molecular weight excluding hydrogens is 609 g/mol. The lowest BCUT2D eigenvalue weighted by atomic mass is 10.1. The second-order valence-electron chi connectivity index (χ2n) is 10.4. The van der Waals surface area contributed by atoms with Gasteiger partial charge < -0.3 is 15.0 Å². The van der Waals surface area contributed by atoms with Gasteiger partial charge in [-0.2, -0.15) is 0 Å². The first-order chi connectivity index (χ1) is 20.6. The van der Waals surface area contributed by atoms with Gasteiger partial charge in [0.1, 0.15) is 18.3 Å². The zero-order valence-corrected chi connectivity index (χ0v) is 26.7. The zero-order valence-electron chi connectivity index (χ0n) is 24.3. The molecule has 230 valence electrons. The molecule has 4 rings (SSSR count). The minimum absolute atomic E-state index is 0.0257. The summed E-state index contributed by atoms with van der Waals surface area (Å²) >= 11 is 12.5. The van der Waals surface area contributed by atoms with E-state index in [2.05, 4.69) is 5.32 Å². The van der Waals surface area contributed by atoms with E-state index in [1.165, 1.54) is 29.2 Å². The molecule has 1 saturated carbocycles. The lowest BCUT2D eigenvalue weighted by molar-refractivity contribution is -0.140. The summed E-state index contributed by atoms with van der Waals surface area (Å²) in [6.07, 6.45) is 4.21. The maximum absolute atomic E-state index is 14.2. The van der Waals surface area contributed by atoms with Crippen molar-refractivity contribution in [3.05, 3.63) is 88.4 Å². The van der Waals surface area contributed by atoms with Crippen LogP contribution >= 0.6 is 23.2 Å². The highest BCUT2D eigenvalue weighted by Crippen LogP contribution is 2.28. The summed E-state index contributed by atoms with van der Waals surface area (Å²) in [4.78, 5) is 29.2. The number of ether oxygens (including phenoxy) is 1. The average Bonchev–Trinajstić information content (AvgIpc) is 3.50. The van der Waals surface area contributed by atoms with Crippen LogP contribution in [0.3, 0.4) is 0 Å². The van der Waals surface area contributed by atoms with E-state index in [1.54, 1.807) is 48.5 Å². The van der Waals surface area contributed by atoms with E-state index < -0.39 is 28.5 Å². The van der Waals surface area contributed by atoms with Crippen molar-refractivity contribution in [3.63, 3.8) is 0 Å². The second-order valence-corrected chi connectivity index (χ2v) is 13.1. The lowest BCUT2D eigenvalue weighted by Gasteiger charge is -2.34. The molecule has 43 heavy (non-hydrogen) atoms. The van der Waals surface area contributed by atoms with Gasteiger partial charge in [-0.15, -0.1) is 0 Å². The quantitative estimate of drug-likeness (QED) is 0.230. The van der Waals surface area contributed by atoms with Crippen LogP contribution in [0.5, 0.6) is 5.75 Å². The number of nitrogens with zero attached hydrogens (tertiary/aromatic N) is 2. The van der Waals surface area contributed by atoms with Crippen LogP contribution in [-0.4, -0.2) is 50.4 Å². The fourth-order valence-corrected chi connectivity index (χ4v) is 6.97. The van der Waals surface area contributed by atoms with Crippen molar-refractivity contribution in [2.24, 2.45) is 0 Å². The number of benzene rings is 3. The predicted molar refractivity (Wildman–Crippen MR) is 170 cm³/mol. The standard InChI is InChI=1S/C32H37Cl2N3O5S/c1-3-30(32(39)35-25-10-6-7-11-25)36(21-23-9-5-8-12-29(23)34)31(38)22-37(26-15-17-27(18-16-26)42-4-2)43(40,41)28-19-13-24(33)14-20-28/h5,8-9,12-20,25,30H,3-4,6-7,10-11,21-22H2,1-2H3,(H,35,39). The molecule has 0 radical (unpaired) electrons. The fourth-order valence-electron chi connectivity index (χ4n) is 5.23. The van der Waals surface area contributed by atoms with Gasteiger partial charge in [0.15, 0.2) is 0 Å². The van der Waals surface area contributed by atoms with Crippen LogP contribution in [0.1, 0.15) is 51.5 Å². The Hall–Kier alpha value is -3.27. The van der Waals surface area contributed by atoms with Crippen LogP contribution in [0.25, 0.3) is 0 Å². The van der Waals surface area contributed by atoms with Crippen molar-refractivity contribution < 1.29 is 22.7 Å². The number of hydrogen-bond acceptors (Lipinski definition) is 5. The molecule has 8 nitrogen and oxygen atoms in total. The van der Waals surface area contributed by atoms with E-state index in [9.17, 15) is 18.0 Å². The number of anilines is 1. The second kappa shape index (κ2) is 14.9. The van der Waals surface area contributed by atoms with E-state index in [1.807, 2.05) is 13.8 Å². The van der Waals surface area contributed by atoms with Crippen molar-refractivity contribution in [1.82, 2.24) is 10.2 Å². The highest BCUT2D eigenvalue weighted by Gasteiger charge is 2.34. The first-order valence-electron chi connectivity index (χ1n) is 14.5. The summed E-state index contributed by atoms with van der Waals surface area (Å²) in [7, 11) is -4.22. The van der Waals surface area contributed by atoms with Gasteiger partial charge in [0.25, 0.3) is 10.0 Å². The lowest BCUT2D eigenvalue weighted by Crippen LogP contribution is -2.53. The normalized spacial score (nSPS) is 14.2. The number of rotatable bonds is 13. The molecule has 1 aliphatic rings. The Balaban J connectivity index is 1.72. The Morgan fingerprint density at radius 2 is 1.60 bits per heavy atom. The Morgan fingerprint density at radius 3 is 2.21 bits per heavy atom. The third-order valence-electron chi connectivity index (χ3n) is 7.50. The van der Waals surface area contributed by atoms with Crippen LogP contribution in [0.15, 0.2) is 77.7 Å². The Kier molecular flexibility index (Phi) is 11.3. The highest BCUT2D eigenvalue weighted by molar-refractivity contribution is 7.92. The topological polar surface area (TPSA) is 96.0 Å². The van der Waals surface area contributed by atoms with Gasteiger partial charge in [-0.25, -0.2) is 8.42 Å². The van der Waals surface area contributed by atoms with Crippen LogP contribution in [-0.2, 0) is 26.2 Å². The molecule has 0 bridgehead atoms. The Bertz CT molecular complexity index is 1490. The highest BCUT2D eigenvalue weighted by atomic mass is 35.5. The van der Waals surface area contributed by atoms with Gasteiger partial charge in [-0.05, 0) is 86.3 Å². The molecule has 1 fully saturated rings. The largest absolute Gasteiger partial charge is 0.494 e. The number of sulfonamides is 1. The number of carbonyl (C=O) groups excluding carboxylic acids is 2. The molecule has 0 aliphatic heterocycles. The molecule has 0 spiro atoms. The summed E-state index contributed by atoms with van der Waals surface area (Å²) in [6.45, 7) is 3.62.